The lowest BCUT2D eigenvalue weighted by atomic mass is 9.86. The zero-order chi connectivity index (χ0) is 13.8. The molecule has 0 bridgehead atoms. The number of allylic oxidation sites excluding steroid dienone is 1. The van der Waals surface area contributed by atoms with E-state index in [4.69, 9.17) is 0 Å². The predicted octanol–water partition coefficient (Wildman–Crippen LogP) is 3.42. The summed E-state index contributed by atoms with van der Waals surface area (Å²) in [5.74, 6) is 0.399. The molecule has 2 N–H and O–H groups in total. The number of hydrogen-bond donors (Lipinski definition) is 2. The molecular weight excluding hydrogens is 238 g/mol. The number of benzene rings is 1. The average molecular weight is 259 g/mol. The molecule has 0 saturated heterocycles. The molecule has 2 atom stereocenters. The molecule has 0 aliphatic heterocycles. The Morgan fingerprint density at radius 2 is 2.26 bits per heavy atom. The first-order chi connectivity index (χ1) is 9.08. The minimum atomic E-state index is -0.481. The van der Waals surface area contributed by atoms with E-state index < -0.39 is 6.10 Å². The van der Waals surface area contributed by atoms with Crippen LogP contribution in [0.25, 0.3) is 0 Å². The van der Waals surface area contributed by atoms with Gasteiger partial charge in [-0.3, -0.25) is 4.79 Å². The second-order valence-corrected chi connectivity index (χ2v) is 5.27. The molecule has 102 valence electrons. The maximum absolute atomic E-state index is 12.0. The van der Waals surface area contributed by atoms with Crippen LogP contribution in [0.5, 0.6) is 0 Å². The summed E-state index contributed by atoms with van der Waals surface area (Å²) in [6, 6.07) is 7.61. The summed E-state index contributed by atoms with van der Waals surface area (Å²) < 4.78 is 0. The Labute approximate surface area is 114 Å². The van der Waals surface area contributed by atoms with E-state index in [1.54, 1.807) is 6.92 Å². The van der Waals surface area contributed by atoms with Crippen LogP contribution in [-0.2, 0) is 4.79 Å². The average Bonchev–Trinajstić information content (AvgIpc) is 2.41. The standard InChI is InChI=1S/C16H21NO2/c1-11-5-3-7-14(16(11)19)10-17-15-8-4-6-13(9-15)12(2)18/h4,6,8-12,17-18H,3,5,7H2,1-2H3/b14-10-/t11-,12-/m0/s1. The van der Waals surface area contributed by atoms with Crippen molar-refractivity contribution < 1.29 is 9.90 Å². The smallest absolute Gasteiger partial charge is 0.163 e. The molecule has 1 aliphatic rings. The number of aliphatic hydroxyl groups excluding tert-OH is 1. The highest BCUT2D eigenvalue weighted by molar-refractivity contribution is 5.97. The van der Waals surface area contributed by atoms with Gasteiger partial charge in [-0.05, 0) is 43.9 Å². The predicted molar refractivity (Wildman–Crippen MR) is 76.8 cm³/mol. The Bertz CT molecular complexity index is 491. The molecule has 1 aromatic carbocycles. The van der Waals surface area contributed by atoms with Gasteiger partial charge in [0.2, 0.25) is 0 Å². The van der Waals surface area contributed by atoms with Crippen molar-refractivity contribution in [1.82, 2.24) is 0 Å². The molecule has 1 aromatic rings. The fraction of sp³-hybridized carbons (Fsp3) is 0.438. The van der Waals surface area contributed by atoms with E-state index in [0.29, 0.717) is 0 Å². The van der Waals surface area contributed by atoms with E-state index >= 15 is 0 Å². The molecule has 1 saturated carbocycles. The second kappa shape index (κ2) is 6.02. The highest BCUT2D eigenvalue weighted by Crippen LogP contribution is 2.25. The van der Waals surface area contributed by atoms with Gasteiger partial charge in [-0.2, -0.15) is 0 Å². The van der Waals surface area contributed by atoms with Gasteiger partial charge in [-0.1, -0.05) is 19.1 Å². The van der Waals surface area contributed by atoms with Gasteiger partial charge in [0, 0.05) is 23.4 Å². The lowest BCUT2D eigenvalue weighted by molar-refractivity contribution is -0.119. The van der Waals surface area contributed by atoms with Crippen LogP contribution in [0.1, 0.15) is 44.8 Å². The van der Waals surface area contributed by atoms with Crippen LogP contribution in [-0.4, -0.2) is 10.9 Å². The molecule has 3 nitrogen and oxygen atoms in total. The highest BCUT2D eigenvalue weighted by Gasteiger charge is 2.22. The van der Waals surface area contributed by atoms with Gasteiger partial charge in [-0.15, -0.1) is 0 Å². The summed E-state index contributed by atoms with van der Waals surface area (Å²) in [6.45, 7) is 3.73. The van der Waals surface area contributed by atoms with Gasteiger partial charge in [0.15, 0.2) is 5.78 Å². The molecule has 1 fully saturated rings. The molecule has 0 radical (unpaired) electrons. The lowest BCUT2D eigenvalue weighted by Gasteiger charge is -2.19. The van der Waals surface area contributed by atoms with Crippen molar-refractivity contribution in [3.8, 4) is 0 Å². The number of hydrogen-bond acceptors (Lipinski definition) is 3. The maximum atomic E-state index is 12.0. The van der Waals surface area contributed by atoms with Crippen molar-refractivity contribution in [2.24, 2.45) is 5.92 Å². The summed E-state index contributed by atoms with van der Waals surface area (Å²) in [5, 5.41) is 12.7. The third-order valence-electron chi connectivity index (χ3n) is 3.63. The molecule has 0 aromatic heterocycles. The van der Waals surface area contributed by atoms with E-state index in [-0.39, 0.29) is 11.7 Å². The Balaban J connectivity index is 2.09. The Kier molecular flexibility index (Phi) is 4.38. The summed E-state index contributed by atoms with van der Waals surface area (Å²) >= 11 is 0. The van der Waals surface area contributed by atoms with Crippen molar-refractivity contribution in [3.05, 3.63) is 41.6 Å². The number of nitrogens with one attached hydrogen (secondary N) is 1. The van der Waals surface area contributed by atoms with Gasteiger partial charge in [0.25, 0.3) is 0 Å². The number of carbonyl (C=O) groups excluding carboxylic acids is 1. The van der Waals surface area contributed by atoms with E-state index in [0.717, 1.165) is 36.1 Å². The fourth-order valence-corrected chi connectivity index (χ4v) is 2.37. The number of carbonyl (C=O) groups is 1. The normalized spacial score (nSPS) is 23.4. The largest absolute Gasteiger partial charge is 0.389 e. The van der Waals surface area contributed by atoms with Crippen LogP contribution in [0, 0.1) is 5.92 Å². The summed E-state index contributed by atoms with van der Waals surface area (Å²) in [6.07, 6.45) is 4.26. The van der Waals surface area contributed by atoms with Crippen molar-refractivity contribution in [2.45, 2.75) is 39.2 Å². The second-order valence-electron chi connectivity index (χ2n) is 5.27. The minimum absolute atomic E-state index is 0.144. The molecular formula is C16H21NO2. The molecule has 0 spiro atoms. The number of anilines is 1. The number of Topliss-reactive ketones (excluding diaryl/α,β-unsaturated/α-hetero) is 1. The topological polar surface area (TPSA) is 49.3 Å². The van der Waals surface area contributed by atoms with Crippen LogP contribution in [0.3, 0.4) is 0 Å². The van der Waals surface area contributed by atoms with Crippen molar-refractivity contribution in [1.29, 1.82) is 0 Å². The van der Waals surface area contributed by atoms with Crippen molar-refractivity contribution in [3.63, 3.8) is 0 Å². The first-order valence-corrected chi connectivity index (χ1v) is 6.85. The summed E-state index contributed by atoms with van der Waals surface area (Å²) in [4.78, 5) is 12.0. The van der Waals surface area contributed by atoms with E-state index in [2.05, 4.69) is 5.32 Å². The number of aliphatic hydroxyl groups is 1. The van der Waals surface area contributed by atoms with Crippen LogP contribution < -0.4 is 5.32 Å². The number of rotatable bonds is 3. The first kappa shape index (κ1) is 13.8. The van der Waals surface area contributed by atoms with Crippen LogP contribution >= 0.6 is 0 Å². The van der Waals surface area contributed by atoms with Gasteiger partial charge in [0.1, 0.15) is 0 Å². The summed E-state index contributed by atoms with van der Waals surface area (Å²) in [5.41, 5.74) is 2.64. The Hall–Kier alpha value is -1.61. The monoisotopic (exact) mass is 259 g/mol. The molecule has 0 unspecified atom stereocenters. The van der Waals surface area contributed by atoms with Crippen LogP contribution in [0.4, 0.5) is 5.69 Å². The summed E-state index contributed by atoms with van der Waals surface area (Å²) in [7, 11) is 0. The van der Waals surface area contributed by atoms with Gasteiger partial charge in [-0.25, -0.2) is 0 Å². The molecule has 2 rings (SSSR count). The third kappa shape index (κ3) is 3.44. The molecule has 0 amide bonds. The molecule has 19 heavy (non-hydrogen) atoms. The van der Waals surface area contributed by atoms with Crippen molar-refractivity contribution in [2.75, 3.05) is 5.32 Å². The first-order valence-electron chi connectivity index (χ1n) is 6.85. The molecule has 1 aliphatic carbocycles. The van der Waals surface area contributed by atoms with Gasteiger partial charge in [0.05, 0.1) is 6.10 Å². The minimum Gasteiger partial charge on any atom is -0.389 e. The van der Waals surface area contributed by atoms with Crippen LogP contribution in [0.15, 0.2) is 36.0 Å². The van der Waals surface area contributed by atoms with Crippen molar-refractivity contribution >= 4 is 11.5 Å². The van der Waals surface area contributed by atoms with E-state index in [9.17, 15) is 9.90 Å². The van der Waals surface area contributed by atoms with E-state index in [1.165, 1.54) is 0 Å². The van der Waals surface area contributed by atoms with Gasteiger partial charge >= 0.3 is 0 Å². The Morgan fingerprint density at radius 1 is 1.47 bits per heavy atom. The lowest BCUT2D eigenvalue weighted by Crippen LogP contribution is -2.19. The maximum Gasteiger partial charge on any atom is 0.163 e. The van der Waals surface area contributed by atoms with Crippen LogP contribution in [0.2, 0.25) is 0 Å². The third-order valence-corrected chi connectivity index (χ3v) is 3.63. The van der Waals surface area contributed by atoms with Gasteiger partial charge < -0.3 is 10.4 Å². The molecule has 0 heterocycles. The zero-order valence-corrected chi connectivity index (χ0v) is 11.5. The molecule has 3 heteroatoms. The zero-order valence-electron chi connectivity index (χ0n) is 11.5. The van der Waals surface area contributed by atoms with E-state index in [1.807, 2.05) is 37.4 Å². The number of ketones is 1. The SMILES string of the molecule is C[C@H](O)c1cccc(N/C=C2/CCC[C@H](C)C2=O)c1. The quantitative estimate of drug-likeness (QED) is 0.818. The fourth-order valence-electron chi connectivity index (χ4n) is 2.37. The highest BCUT2D eigenvalue weighted by atomic mass is 16.3. The Morgan fingerprint density at radius 3 is 3.00 bits per heavy atom.